The van der Waals surface area contributed by atoms with Crippen molar-refractivity contribution in [3.05, 3.63) is 71.0 Å². The molecule has 0 unspecified atom stereocenters. The molecule has 0 fully saturated rings. The molecule has 0 spiro atoms. The highest BCUT2D eigenvalue weighted by Crippen LogP contribution is 2.23. The number of aryl methyl sites for hydroxylation is 2. The number of carbonyl (C=O) groups is 1. The third-order valence-electron chi connectivity index (χ3n) is 4.94. The summed E-state index contributed by atoms with van der Waals surface area (Å²) in [5.41, 5.74) is 7.16. The molecule has 0 saturated heterocycles. The number of carbonyl (C=O) groups excluding carboxylic acids is 1. The van der Waals surface area contributed by atoms with Gasteiger partial charge in [0.2, 0.25) is 0 Å². The van der Waals surface area contributed by atoms with Gasteiger partial charge < -0.3 is 10.2 Å². The molecule has 2 aromatic carbocycles. The van der Waals surface area contributed by atoms with Gasteiger partial charge in [0, 0.05) is 37.6 Å². The van der Waals surface area contributed by atoms with Gasteiger partial charge in [0.15, 0.2) is 0 Å². The minimum atomic E-state index is 0. The topological polar surface area (TPSA) is 61.0 Å². The largest absolute Gasteiger partial charge is 0.388 e. The van der Waals surface area contributed by atoms with Gasteiger partial charge in [0.1, 0.15) is 0 Å². The number of rotatable bonds is 6. The normalized spacial score (nSPS) is 9.93. The van der Waals surface area contributed by atoms with E-state index in [9.17, 15) is 4.79 Å². The molecule has 1 amide bonds. The number of nitrogens with one attached hydrogen (secondary N) is 2. The maximum Gasteiger partial charge on any atom is 0.253 e. The molecule has 156 valence electrons. The van der Waals surface area contributed by atoms with Crippen molar-refractivity contribution in [1.29, 1.82) is 0 Å². The number of likely N-dealkylation sites (N-methyl/N-ethyl adjacent to an activating group) is 1. The molecular formula is C22H28Cl2N4O. The van der Waals surface area contributed by atoms with Gasteiger partial charge in [-0.3, -0.25) is 9.89 Å². The number of anilines is 1. The first-order chi connectivity index (χ1) is 13.0. The minimum Gasteiger partial charge on any atom is -0.388 e. The van der Waals surface area contributed by atoms with Crippen molar-refractivity contribution >= 4 is 36.4 Å². The smallest absolute Gasteiger partial charge is 0.253 e. The van der Waals surface area contributed by atoms with E-state index in [4.69, 9.17) is 0 Å². The molecule has 0 aliphatic carbocycles. The zero-order valence-electron chi connectivity index (χ0n) is 17.2. The van der Waals surface area contributed by atoms with Crippen LogP contribution in [0.25, 0.3) is 11.1 Å². The van der Waals surface area contributed by atoms with Gasteiger partial charge in [0.25, 0.3) is 5.91 Å². The van der Waals surface area contributed by atoms with Crippen LogP contribution < -0.4 is 5.32 Å². The Balaban J connectivity index is 0.00000210. The van der Waals surface area contributed by atoms with Crippen LogP contribution in [0.5, 0.6) is 0 Å². The van der Waals surface area contributed by atoms with Crippen molar-refractivity contribution in [3.63, 3.8) is 0 Å². The summed E-state index contributed by atoms with van der Waals surface area (Å²) in [5, 5.41) is 10.3. The lowest BCUT2D eigenvalue weighted by atomic mass is 10.0. The van der Waals surface area contributed by atoms with E-state index in [2.05, 4.69) is 27.6 Å². The zero-order valence-corrected chi connectivity index (χ0v) is 18.8. The van der Waals surface area contributed by atoms with Crippen molar-refractivity contribution in [2.75, 3.05) is 26.0 Å². The van der Waals surface area contributed by atoms with Crippen LogP contribution in [0.15, 0.2) is 48.5 Å². The minimum absolute atomic E-state index is 0. The summed E-state index contributed by atoms with van der Waals surface area (Å²) in [7, 11) is 3.75. The van der Waals surface area contributed by atoms with E-state index in [0.29, 0.717) is 12.1 Å². The Morgan fingerprint density at radius 2 is 1.76 bits per heavy atom. The molecule has 3 aromatic rings. The molecule has 0 aliphatic heterocycles. The molecule has 0 bridgehead atoms. The molecule has 29 heavy (non-hydrogen) atoms. The van der Waals surface area contributed by atoms with E-state index in [1.54, 1.807) is 4.90 Å². The number of nitrogens with zero attached hydrogens (tertiary/aromatic N) is 2. The number of hydrogen-bond acceptors (Lipinski definition) is 3. The predicted octanol–water partition coefficient (Wildman–Crippen LogP) is 4.89. The van der Waals surface area contributed by atoms with Crippen LogP contribution in [0.4, 0.5) is 5.69 Å². The average molecular weight is 435 g/mol. The Hall–Kier alpha value is -2.50. The number of H-pyrrole nitrogens is 1. The number of aromatic amines is 1. The van der Waals surface area contributed by atoms with Crippen molar-refractivity contribution in [1.82, 2.24) is 15.1 Å². The van der Waals surface area contributed by atoms with Crippen LogP contribution in [0, 0.1) is 13.8 Å². The van der Waals surface area contributed by atoms with Gasteiger partial charge in [-0.1, -0.05) is 24.3 Å². The molecule has 0 atom stereocenters. The molecule has 1 aromatic heterocycles. The van der Waals surface area contributed by atoms with E-state index in [1.165, 1.54) is 5.56 Å². The summed E-state index contributed by atoms with van der Waals surface area (Å²) in [6, 6.07) is 16.0. The first-order valence-corrected chi connectivity index (χ1v) is 9.13. The zero-order chi connectivity index (χ0) is 19.4. The third-order valence-corrected chi connectivity index (χ3v) is 4.94. The molecule has 0 saturated carbocycles. The summed E-state index contributed by atoms with van der Waals surface area (Å²) in [6.07, 6.45) is 0.793. The first kappa shape index (κ1) is 24.5. The van der Waals surface area contributed by atoms with Crippen molar-refractivity contribution in [2.45, 2.75) is 20.3 Å². The standard InChI is InChI=1S/C22H26N4O.2ClH/c1-15-21(16(2)25-24-15)12-13-26(4)22(27)19-7-5-6-18(14-19)17-8-10-20(23-3)11-9-17;;/h5-11,14,23H,12-13H2,1-4H3,(H,24,25);2*1H. The van der Waals surface area contributed by atoms with E-state index in [0.717, 1.165) is 34.6 Å². The fourth-order valence-electron chi connectivity index (χ4n) is 3.20. The van der Waals surface area contributed by atoms with Crippen molar-refractivity contribution < 1.29 is 4.79 Å². The number of benzene rings is 2. The summed E-state index contributed by atoms with van der Waals surface area (Å²) in [5.74, 6) is 0.0301. The van der Waals surface area contributed by atoms with Gasteiger partial charge in [-0.05, 0) is 61.2 Å². The van der Waals surface area contributed by atoms with Gasteiger partial charge in [0.05, 0.1) is 5.69 Å². The Bertz CT molecular complexity index is 919. The predicted molar refractivity (Wildman–Crippen MR) is 125 cm³/mol. The second-order valence-electron chi connectivity index (χ2n) is 6.80. The van der Waals surface area contributed by atoms with E-state index >= 15 is 0 Å². The summed E-state index contributed by atoms with van der Waals surface area (Å²) in [6.45, 7) is 4.66. The van der Waals surface area contributed by atoms with Gasteiger partial charge in [-0.2, -0.15) is 5.10 Å². The average Bonchev–Trinajstić information content (AvgIpc) is 3.03. The monoisotopic (exact) mass is 434 g/mol. The molecule has 0 radical (unpaired) electrons. The van der Waals surface area contributed by atoms with Gasteiger partial charge in [-0.25, -0.2) is 0 Å². The quantitative estimate of drug-likeness (QED) is 0.580. The van der Waals surface area contributed by atoms with Crippen LogP contribution in [0.1, 0.15) is 27.3 Å². The molecule has 5 nitrogen and oxygen atoms in total. The second-order valence-corrected chi connectivity index (χ2v) is 6.80. The Morgan fingerprint density at radius 1 is 1.07 bits per heavy atom. The fourth-order valence-corrected chi connectivity index (χ4v) is 3.20. The summed E-state index contributed by atoms with van der Waals surface area (Å²) >= 11 is 0. The summed E-state index contributed by atoms with van der Waals surface area (Å²) < 4.78 is 0. The number of aromatic nitrogens is 2. The molecule has 7 heteroatoms. The molecule has 3 rings (SSSR count). The highest BCUT2D eigenvalue weighted by Gasteiger charge is 2.14. The molecule has 1 heterocycles. The van der Waals surface area contributed by atoms with Crippen LogP contribution in [-0.2, 0) is 6.42 Å². The lowest BCUT2D eigenvalue weighted by Crippen LogP contribution is -2.29. The molecular weight excluding hydrogens is 407 g/mol. The van der Waals surface area contributed by atoms with Crippen molar-refractivity contribution in [2.24, 2.45) is 0 Å². The van der Waals surface area contributed by atoms with E-state index in [-0.39, 0.29) is 30.7 Å². The van der Waals surface area contributed by atoms with Crippen molar-refractivity contribution in [3.8, 4) is 11.1 Å². The lowest BCUT2D eigenvalue weighted by molar-refractivity contribution is 0.0796. The molecule has 0 aliphatic rings. The second kappa shape index (κ2) is 10.9. The third kappa shape index (κ3) is 5.75. The van der Waals surface area contributed by atoms with Gasteiger partial charge >= 0.3 is 0 Å². The van der Waals surface area contributed by atoms with Crippen LogP contribution >= 0.6 is 24.8 Å². The van der Waals surface area contributed by atoms with Crippen LogP contribution in [0.3, 0.4) is 0 Å². The maximum absolute atomic E-state index is 12.9. The SMILES string of the molecule is CNc1ccc(-c2cccc(C(=O)N(C)CCc3c(C)n[nH]c3C)c2)cc1.Cl.Cl. The van der Waals surface area contributed by atoms with Crippen LogP contribution in [-0.4, -0.2) is 41.6 Å². The first-order valence-electron chi connectivity index (χ1n) is 9.13. The fraction of sp³-hybridized carbons (Fsp3) is 0.273. The van der Waals surface area contributed by atoms with Crippen LogP contribution in [0.2, 0.25) is 0 Å². The number of halogens is 2. The lowest BCUT2D eigenvalue weighted by Gasteiger charge is -2.18. The Kier molecular flexibility index (Phi) is 9.21. The summed E-state index contributed by atoms with van der Waals surface area (Å²) in [4.78, 5) is 14.6. The highest BCUT2D eigenvalue weighted by molar-refractivity contribution is 5.95. The number of hydrogen-bond donors (Lipinski definition) is 2. The maximum atomic E-state index is 12.9. The number of amides is 1. The van der Waals surface area contributed by atoms with E-state index < -0.39 is 0 Å². The molecule has 2 N–H and O–H groups in total. The van der Waals surface area contributed by atoms with E-state index in [1.807, 2.05) is 64.3 Å². The van der Waals surface area contributed by atoms with Gasteiger partial charge in [-0.15, -0.1) is 24.8 Å². The Labute approximate surface area is 184 Å². The highest BCUT2D eigenvalue weighted by atomic mass is 35.5. The Morgan fingerprint density at radius 3 is 2.34 bits per heavy atom.